The molecule has 5 unspecified atom stereocenters. The van der Waals surface area contributed by atoms with Crippen molar-refractivity contribution < 1.29 is 17.9 Å². The standard InChI is InChI=1S/C39H58N2O4S/c1-36(2)30(26-8-10-27(11-9-26)35(42)45-5)14-19-38(4)33(36)16-20-37(3)31-15-21-39(18-6-7-32(39)29(31)12-13-34(37)38)41-23-22-40-28-17-24-46(43,44)25-28/h8-11,14,28-29,31-34,40-41H,6-7,12-13,15-25H2,1-5H3/t28?,29-,31?,32?,33?,34?,37-,38-,39-/m0/s1. The van der Waals surface area contributed by atoms with E-state index in [-0.39, 0.29) is 23.0 Å². The average Bonchev–Trinajstić information content (AvgIpc) is 3.61. The molecule has 7 rings (SSSR count). The van der Waals surface area contributed by atoms with Crippen LogP contribution in [-0.2, 0) is 14.6 Å². The Morgan fingerprint density at radius 2 is 1.65 bits per heavy atom. The molecule has 2 N–H and O–H groups in total. The molecule has 5 fully saturated rings. The Kier molecular flexibility index (Phi) is 8.37. The smallest absolute Gasteiger partial charge is 0.337 e. The summed E-state index contributed by atoms with van der Waals surface area (Å²) in [6.07, 6.45) is 16.6. The van der Waals surface area contributed by atoms with Gasteiger partial charge in [0.1, 0.15) is 0 Å². The quantitative estimate of drug-likeness (QED) is 0.243. The average molecular weight is 651 g/mol. The monoisotopic (exact) mass is 650 g/mol. The number of hydrogen-bond donors (Lipinski definition) is 2. The molecule has 1 heterocycles. The molecule has 0 radical (unpaired) electrons. The van der Waals surface area contributed by atoms with Gasteiger partial charge in [-0.15, -0.1) is 0 Å². The van der Waals surface area contributed by atoms with Gasteiger partial charge in [0.05, 0.1) is 24.2 Å². The van der Waals surface area contributed by atoms with Gasteiger partial charge in [0.25, 0.3) is 0 Å². The first-order valence-corrected chi connectivity index (χ1v) is 20.2. The Morgan fingerprint density at radius 3 is 2.37 bits per heavy atom. The summed E-state index contributed by atoms with van der Waals surface area (Å²) < 4.78 is 28.7. The van der Waals surface area contributed by atoms with Crippen molar-refractivity contribution in [1.29, 1.82) is 0 Å². The van der Waals surface area contributed by atoms with E-state index in [4.69, 9.17) is 4.74 Å². The maximum atomic E-state index is 12.1. The largest absolute Gasteiger partial charge is 0.465 e. The van der Waals surface area contributed by atoms with E-state index in [1.54, 1.807) is 0 Å². The third-order valence-corrected chi connectivity index (χ3v) is 16.7. The fourth-order valence-electron chi connectivity index (χ4n) is 13.1. The van der Waals surface area contributed by atoms with Crippen molar-refractivity contribution in [3.63, 3.8) is 0 Å². The number of nitrogens with one attached hydrogen (secondary N) is 2. The second kappa shape index (κ2) is 11.7. The number of methoxy groups -OCH3 is 1. The number of hydrogen-bond acceptors (Lipinski definition) is 6. The van der Waals surface area contributed by atoms with Crippen LogP contribution in [0.25, 0.3) is 5.57 Å². The third-order valence-electron chi connectivity index (χ3n) is 15.0. The van der Waals surface area contributed by atoms with Crippen LogP contribution in [-0.4, -0.2) is 57.7 Å². The second-order valence-electron chi connectivity index (χ2n) is 17.3. The van der Waals surface area contributed by atoms with Crippen LogP contribution in [0.15, 0.2) is 30.3 Å². The van der Waals surface area contributed by atoms with Crippen molar-refractivity contribution in [3.8, 4) is 0 Å². The van der Waals surface area contributed by atoms with Gasteiger partial charge in [-0.2, -0.15) is 0 Å². The van der Waals surface area contributed by atoms with Gasteiger partial charge in [0.2, 0.25) is 0 Å². The van der Waals surface area contributed by atoms with E-state index in [1.165, 1.54) is 76.0 Å². The van der Waals surface area contributed by atoms with Crippen molar-refractivity contribution in [2.75, 3.05) is 31.7 Å². The zero-order chi connectivity index (χ0) is 32.5. The van der Waals surface area contributed by atoms with Gasteiger partial charge in [0, 0.05) is 24.7 Å². The number of fused-ring (bicyclic) bond motifs is 7. The Morgan fingerprint density at radius 1 is 0.870 bits per heavy atom. The fourth-order valence-corrected chi connectivity index (χ4v) is 14.8. The highest BCUT2D eigenvalue weighted by molar-refractivity contribution is 7.91. The lowest BCUT2D eigenvalue weighted by atomic mass is 9.37. The molecule has 7 heteroatoms. The van der Waals surface area contributed by atoms with Gasteiger partial charge in [-0.3, -0.25) is 0 Å². The highest BCUT2D eigenvalue weighted by Crippen LogP contribution is 2.72. The normalized spacial score (nSPS) is 42.2. The summed E-state index contributed by atoms with van der Waals surface area (Å²) in [6, 6.07) is 8.23. The van der Waals surface area contributed by atoms with E-state index in [2.05, 4.69) is 56.5 Å². The first kappa shape index (κ1) is 32.8. The SMILES string of the molecule is COC(=O)c1ccc(C2=CC[C@@]3(C)C(CC[C@@]4(C)C5CC[C@@]6(NCCNC7CCS(=O)(=O)C7)CCCC6[C@H]5CCC43)C2(C)C)cc1. The highest BCUT2D eigenvalue weighted by Gasteiger charge is 2.65. The number of esters is 1. The summed E-state index contributed by atoms with van der Waals surface area (Å²) in [4.78, 5) is 12.1. The van der Waals surface area contributed by atoms with E-state index >= 15 is 0 Å². The number of benzene rings is 1. The van der Waals surface area contributed by atoms with Gasteiger partial charge in [0.15, 0.2) is 9.84 Å². The van der Waals surface area contributed by atoms with Crippen LogP contribution in [0.2, 0.25) is 0 Å². The highest BCUT2D eigenvalue weighted by atomic mass is 32.2. The van der Waals surface area contributed by atoms with E-state index in [0.717, 1.165) is 49.6 Å². The molecule has 4 saturated carbocycles. The molecular weight excluding hydrogens is 593 g/mol. The molecule has 0 amide bonds. The van der Waals surface area contributed by atoms with Gasteiger partial charge >= 0.3 is 5.97 Å². The van der Waals surface area contributed by atoms with Crippen LogP contribution in [0.3, 0.4) is 0 Å². The Labute approximate surface area is 278 Å². The van der Waals surface area contributed by atoms with Gasteiger partial charge in [-0.25, -0.2) is 13.2 Å². The molecule has 1 aromatic carbocycles. The summed E-state index contributed by atoms with van der Waals surface area (Å²) in [5.41, 5.74) is 4.38. The minimum atomic E-state index is -2.84. The fraction of sp³-hybridized carbons (Fsp3) is 0.769. The summed E-state index contributed by atoms with van der Waals surface area (Å²) in [7, 11) is -1.39. The molecule has 1 aromatic rings. The number of carbonyl (C=O) groups excluding carboxylic acids is 1. The molecule has 0 aromatic heterocycles. The van der Waals surface area contributed by atoms with Gasteiger partial charge in [-0.1, -0.05) is 52.3 Å². The number of carbonyl (C=O) groups is 1. The van der Waals surface area contributed by atoms with Gasteiger partial charge < -0.3 is 15.4 Å². The van der Waals surface area contributed by atoms with Crippen LogP contribution < -0.4 is 10.6 Å². The maximum absolute atomic E-state index is 12.1. The van der Waals surface area contributed by atoms with E-state index < -0.39 is 9.84 Å². The van der Waals surface area contributed by atoms with Crippen LogP contribution in [0.1, 0.15) is 114 Å². The number of ether oxygens (including phenoxy) is 1. The minimum Gasteiger partial charge on any atom is -0.465 e. The molecule has 46 heavy (non-hydrogen) atoms. The first-order chi connectivity index (χ1) is 21.8. The lowest BCUT2D eigenvalue weighted by Crippen LogP contribution is -2.63. The molecule has 9 atom stereocenters. The molecule has 5 aliphatic carbocycles. The molecule has 1 saturated heterocycles. The third kappa shape index (κ3) is 5.24. The summed E-state index contributed by atoms with van der Waals surface area (Å²) >= 11 is 0. The summed E-state index contributed by atoms with van der Waals surface area (Å²) in [5.74, 6) is 4.21. The summed E-state index contributed by atoms with van der Waals surface area (Å²) in [6.45, 7) is 12.2. The zero-order valence-electron chi connectivity index (χ0n) is 29.0. The van der Waals surface area contributed by atoms with Crippen molar-refractivity contribution in [3.05, 3.63) is 41.5 Å². The Bertz CT molecular complexity index is 1470. The Hall–Kier alpha value is -1.70. The number of rotatable bonds is 7. The number of sulfone groups is 1. The van der Waals surface area contributed by atoms with Crippen LogP contribution >= 0.6 is 0 Å². The van der Waals surface area contributed by atoms with Crippen LogP contribution in [0.5, 0.6) is 0 Å². The van der Waals surface area contributed by atoms with E-state index in [9.17, 15) is 13.2 Å². The number of allylic oxidation sites excluding steroid dienone is 2. The van der Waals surface area contributed by atoms with Crippen LogP contribution in [0, 0.1) is 45.8 Å². The minimum absolute atomic E-state index is 0.0752. The van der Waals surface area contributed by atoms with Crippen molar-refractivity contribution >= 4 is 21.4 Å². The molecule has 254 valence electrons. The second-order valence-corrected chi connectivity index (χ2v) is 19.5. The van der Waals surface area contributed by atoms with Crippen LogP contribution in [0.4, 0.5) is 0 Å². The van der Waals surface area contributed by atoms with E-state index in [0.29, 0.717) is 33.8 Å². The lowest BCUT2D eigenvalue weighted by Gasteiger charge is -2.68. The molecule has 6 aliphatic rings. The van der Waals surface area contributed by atoms with Gasteiger partial charge in [-0.05, 0) is 133 Å². The maximum Gasteiger partial charge on any atom is 0.337 e. The van der Waals surface area contributed by atoms with Crippen molar-refractivity contribution in [2.24, 2.45) is 45.8 Å². The molecule has 6 nitrogen and oxygen atoms in total. The lowest BCUT2D eigenvalue weighted by molar-refractivity contribution is -0.172. The Balaban J connectivity index is 1.06. The molecule has 0 spiro atoms. The summed E-state index contributed by atoms with van der Waals surface area (Å²) in [5, 5.41) is 7.66. The molecule has 1 aliphatic heterocycles. The zero-order valence-corrected chi connectivity index (χ0v) is 29.8. The predicted molar refractivity (Wildman–Crippen MR) is 185 cm³/mol. The topological polar surface area (TPSA) is 84.5 Å². The molecular formula is C39H58N2O4S. The predicted octanol–water partition coefficient (Wildman–Crippen LogP) is 7.05. The van der Waals surface area contributed by atoms with Crippen molar-refractivity contribution in [2.45, 2.75) is 110 Å². The van der Waals surface area contributed by atoms with Crippen molar-refractivity contribution in [1.82, 2.24) is 10.6 Å². The first-order valence-electron chi connectivity index (χ1n) is 18.4. The molecule has 0 bridgehead atoms. The van der Waals surface area contributed by atoms with E-state index in [1.807, 2.05) is 12.1 Å².